The van der Waals surface area contributed by atoms with E-state index in [9.17, 15) is 0 Å². The smallest absolute Gasteiger partial charge is 0.0181 e. The summed E-state index contributed by atoms with van der Waals surface area (Å²) in [6, 6.07) is 19.0. The molecule has 0 unspecified atom stereocenters. The van der Waals surface area contributed by atoms with Crippen molar-refractivity contribution in [2.45, 2.75) is 19.8 Å². The fourth-order valence-corrected chi connectivity index (χ4v) is 1.89. The second-order valence-corrected chi connectivity index (χ2v) is 4.62. The van der Waals surface area contributed by atoms with E-state index >= 15 is 0 Å². The van der Waals surface area contributed by atoms with Gasteiger partial charge in [0.25, 0.3) is 0 Å². The number of hydrogen-bond donors (Lipinski definition) is 0. The van der Waals surface area contributed by atoms with E-state index in [0.29, 0.717) is 5.92 Å². The molecule has 0 atom stereocenters. The minimum atomic E-state index is 0.554. The van der Waals surface area contributed by atoms with Crippen LogP contribution in [0.4, 0.5) is 0 Å². The van der Waals surface area contributed by atoms with Crippen LogP contribution in [0.2, 0.25) is 0 Å². The lowest BCUT2D eigenvalue weighted by molar-refractivity contribution is 0.866. The molecule has 0 bridgehead atoms. The highest BCUT2D eigenvalue weighted by molar-refractivity contribution is 5.78. The number of hydrogen-bond acceptors (Lipinski definition) is 0. The third kappa shape index (κ3) is 2.65. The second kappa shape index (κ2) is 5.01. The molecule has 0 aliphatic rings. The predicted octanol–water partition coefficient (Wildman–Crippen LogP) is 4.87. The maximum atomic E-state index is 4.20. The summed E-state index contributed by atoms with van der Waals surface area (Å²) >= 11 is 0. The first-order chi connectivity index (χ1) is 8.18. The zero-order chi connectivity index (χ0) is 12.3. The highest BCUT2D eigenvalue weighted by atomic mass is 14.1. The normalized spacial score (nSPS) is 10.5. The summed E-state index contributed by atoms with van der Waals surface area (Å²) in [5, 5.41) is 0. The van der Waals surface area contributed by atoms with E-state index in [0.717, 1.165) is 5.57 Å². The Kier molecular flexibility index (Phi) is 3.43. The largest absolute Gasteiger partial charge is 0.0906 e. The van der Waals surface area contributed by atoms with Gasteiger partial charge in [-0.2, -0.15) is 0 Å². The maximum absolute atomic E-state index is 4.20. The first-order valence-electron chi connectivity index (χ1n) is 6.03. The van der Waals surface area contributed by atoms with Gasteiger partial charge in [-0.25, -0.2) is 0 Å². The van der Waals surface area contributed by atoms with E-state index in [-0.39, 0.29) is 0 Å². The summed E-state index contributed by atoms with van der Waals surface area (Å²) in [5.41, 5.74) is 4.85. The number of benzene rings is 2. The van der Waals surface area contributed by atoms with Crippen molar-refractivity contribution < 1.29 is 0 Å². The molecule has 0 spiro atoms. The summed E-state index contributed by atoms with van der Waals surface area (Å²) in [6.45, 7) is 8.62. The zero-order valence-electron chi connectivity index (χ0n) is 10.5. The summed E-state index contributed by atoms with van der Waals surface area (Å²) < 4.78 is 0. The van der Waals surface area contributed by atoms with Crippen molar-refractivity contribution in [2.24, 2.45) is 0 Å². The fourth-order valence-electron chi connectivity index (χ4n) is 1.89. The van der Waals surface area contributed by atoms with Crippen LogP contribution in [0.25, 0.3) is 5.57 Å². The SMILES string of the molecule is C=C(c1ccccc1)c1cccc(C(C)C)c1. The van der Waals surface area contributed by atoms with Crippen LogP contribution in [0.1, 0.15) is 36.5 Å². The highest BCUT2D eigenvalue weighted by Gasteiger charge is 2.04. The molecule has 0 heteroatoms. The topological polar surface area (TPSA) is 0 Å². The summed E-state index contributed by atoms with van der Waals surface area (Å²) in [4.78, 5) is 0. The third-order valence-corrected chi connectivity index (χ3v) is 3.02. The van der Waals surface area contributed by atoms with E-state index in [1.165, 1.54) is 16.7 Å². The minimum Gasteiger partial charge on any atom is -0.0906 e. The Morgan fingerprint density at radius 3 is 2.18 bits per heavy atom. The molecule has 0 aliphatic carbocycles. The molecule has 0 N–H and O–H groups in total. The molecule has 0 aromatic heterocycles. The monoisotopic (exact) mass is 222 g/mol. The van der Waals surface area contributed by atoms with E-state index in [1.54, 1.807) is 0 Å². The molecule has 2 aromatic rings. The van der Waals surface area contributed by atoms with Crippen LogP contribution in [0.15, 0.2) is 61.2 Å². The quantitative estimate of drug-likeness (QED) is 0.695. The fraction of sp³-hybridized carbons (Fsp3) is 0.176. The molecule has 0 amide bonds. The lowest BCUT2D eigenvalue weighted by atomic mass is 9.95. The van der Waals surface area contributed by atoms with Crippen LogP contribution in [0, 0.1) is 0 Å². The second-order valence-electron chi connectivity index (χ2n) is 4.62. The predicted molar refractivity (Wildman–Crippen MR) is 75.1 cm³/mol. The van der Waals surface area contributed by atoms with E-state index < -0.39 is 0 Å². The van der Waals surface area contributed by atoms with Crippen LogP contribution < -0.4 is 0 Å². The molecule has 0 aliphatic heterocycles. The highest BCUT2D eigenvalue weighted by Crippen LogP contribution is 2.24. The Morgan fingerprint density at radius 1 is 0.882 bits per heavy atom. The standard InChI is InChI=1S/C17H18/c1-13(2)16-10-7-11-17(12-16)14(3)15-8-5-4-6-9-15/h4-13H,3H2,1-2H3. The average molecular weight is 222 g/mol. The van der Waals surface area contributed by atoms with E-state index in [1.807, 2.05) is 18.2 Å². The van der Waals surface area contributed by atoms with Gasteiger partial charge in [0.2, 0.25) is 0 Å². The van der Waals surface area contributed by atoms with Gasteiger partial charge in [-0.1, -0.05) is 75.0 Å². The molecule has 2 aromatic carbocycles. The molecule has 0 radical (unpaired) electrons. The lowest BCUT2D eigenvalue weighted by Gasteiger charge is -2.10. The molecule has 86 valence electrons. The molecule has 0 fully saturated rings. The summed E-state index contributed by atoms with van der Waals surface area (Å²) in [7, 11) is 0. The summed E-state index contributed by atoms with van der Waals surface area (Å²) in [6.07, 6.45) is 0. The Labute approximate surface area is 104 Å². The molecular weight excluding hydrogens is 204 g/mol. The zero-order valence-corrected chi connectivity index (χ0v) is 10.5. The molecule has 0 saturated heterocycles. The molecule has 0 heterocycles. The van der Waals surface area contributed by atoms with Gasteiger partial charge in [0.1, 0.15) is 0 Å². The van der Waals surface area contributed by atoms with Gasteiger partial charge in [0.05, 0.1) is 0 Å². The minimum absolute atomic E-state index is 0.554. The van der Waals surface area contributed by atoms with Gasteiger partial charge in [0, 0.05) is 0 Å². The van der Waals surface area contributed by atoms with Crippen LogP contribution in [-0.2, 0) is 0 Å². The van der Waals surface area contributed by atoms with E-state index in [2.05, 4.69) is 56.8 Å². The van der Waals surface area contributed by atoms with Crippen molar-refractivity contribution in [2.75, 3.05) is 0 Å². The van der Waals surface area contributed by atoms with Gasteiger partial charge >= 0.3 is 0 Å². The van der Waals surface area contributed by atoms with E-state index in [4.69, 9.17) is 0 Å². The van der Waals surface area contributed by atoms with Crippen molar-refractivity contribution in [1.82, 2.24) is 0 Å². The van der Waals surface area contributed by atoms with Gasteiger partial charge in [-0.15, -0.1) is 0 Å². The van der Waals surface area contributed by atoms with Crippen LogP contribution in [0.5, 0.6) is 0 Å². The Balaban J connectivity index is 2.35. The molecule has 0 nitrogen and oxygen atoms in total. The first-order valence-corrected chi connectivity index (χ1v) is 6.03. The van der Waals surface area contributed by atoms with Crippen LogP contribution >= 0.6 is 0 Å². The average Bonchev–Trinajstić information content (AvgIpc) is 2.39. The Hall–Kier alpha value is -1.82. The van der Waals surface area contributed by atoms with Crippen LogP contribution in [0.3, 0.4) is 0 Å². The van der Waals surface area contributed by atoms with Crippen molar-refractivity contribution in [1.29, 1.82) is 0 Å². The molecular formula is C17H18. The molecule has 0 saturated carbocycles. The molecule has 2 rings (SSSR count). The van der Waals surface area contributed by atoms with Crippen molar-refractivity contribution >= 4 is 5.57 Å². The molecule has 17 heavy (non-hydrogen) atoms. The number of rotatable bonds is 3. The first kappa shape index (κ1) is 11.7. The van der Waals surface area contributed by atoms with Gasteiger partial charge in [-0.05, 0) is 28.2 Å². The Morgan fingerprint density at radius 2 is 1.53 bits per heavy atom. The lowest BCUT2D eigenvalue weighted by Crippen LogP contribution is -1.91. The van der Waals surface area contributed by atoms with Gasteiger partial charge in [-0.3, -0.25) is 0 Å². The summed E-state index contributed by atoms with van der Waals surface area (Å²) in [5.74, 6) is 0.554. The maximum Gasteiger partial charge on any atom is -0.0181 e. The van der Waals surface area contributed by atoms with Crippen molar-refractivity contribution in [3.05, 3.63) is 77.9 Å². The van der Waals surface area contributed by atoms with Crippen LogP contribution in [-0.4, -0.2) is 0 Å². The Bertz CT molecular complexity index is 507. The van der Waals surface area contributed by atoms with Crippen molar-refractivity contribution in [3.8, 4) is 0 Å². The third-order valence-electron chi connectivity index (χ3n) is 3.02. The van der Waals surface area contributed by atoms with Gasteiger partial charge < -0.3 is 0 Å². The van der Waals surface area contributed by atoms with Gasteiger partial charge in [0.15, 0.2) is 0 Å². The van der Waals surface area contributed by atoms with Crippen molar-refractivity contribution in [3.63, 3.8) is 0 Å².